The van der Waals surface area contributed by atoms with E-state index in [1.54, 1.807) is 18.2 Å². The summed E-state index contributed by atoms with van der Waals surface area (Å²) in [6.45, 7) is 0. The normalized spacial score (nSPS) is 8.55. The molecule has 0 aromatic heterocycles. The summed E-state index contributed by atoms with van der Waals surface area (Å²) in [5, 5.41) is 11.7. The molecule has 2 nitrogen and oxygen atoms in total. The Bertz CT molecular complexity index is 307. The van der Waals surface area contributed by atoms with Gasteiger partial charge >= 0.3 is 6.07 Å². The summed E-state index contributed by atoms with van der Waals surface area (Å²) in [6.07, 6.45) is 0. The molecule has 0 spiro atoms. The summed E-state index contributed by atoms with van der Waals surface area (Å²) >= 11 is 11.4. The van der Waals surface area contributed by atoms with Crippen LogP contribution in [0.15, 0.2) is 18.2 Å². The van der Waals surface area contributed by atoms with Crippen LogP contribution in [0.5, 0.6) is 0 Å². The highest BCUT2D eigenvalue weighted by molar-refractivity contribution is 6.36. The van der Waals surface area contributed by atoms with Crippen LogP contribution in [-0.2, 0) is 0 Å². The zero-order valence-electron chi connectivity index (χ0n) is 5.38. The zero-order chi connectivity index (χ0) is 8.27. The monoisotopic (exact) mass is 188 g/mol. The Kier molecular flexibility index (Phi) is 2.58. The molecule has 0 aliphatic carbocycles. The minimum atomic E-state index is 0.401. The lowest BCUT2D eigenvalue weighted by Gasteiger charge is -1.91. The Morgan fingerprint density at radius 3 is 2.27 bits per heavy atom. The van der Waals surface area contributed by atoms with Crippen LogP contribution in [0.1, 0.15) is 5.56 Å². The van der Waals surface area contributed by atoms with Gasteiger partial charge in [0.05, 0.1) is 10.0 Å². The molecule has 0 heterocycles. The van der Waals surface area contributed by atoms with Gasteiger partial charge in [0.2, 0.25) is 5.01 Å². The van der Waals surface area contributed by atoms with Crippen molar-refractivity contribution in [1.29, 1.82) is 0 Å². The summed E-state index contributed by atoms with van der Waals surface area (Å²) in [5.41, 5.74) is 0.401. The highest BCUT2D eigenvalue weighted by atomic mass is 35.5. The van der Waals surface area contributed by atoms with Gasteiger partial charge in [0.1, 0.15) is 5.56 Å². The average Bonchev–Trinajstić information content (AvgIpc) is 1.97. The Balaban J connectivity index is 3.28. The molecule has 0 saturated carbocycles. The third-order valence-corrected chi connectivity index (χ3v) is 1.75. The molecule has 0 aliphatic heterocycles. The zero-order valence-corrected chi connectivity index (χ0v) is 6.89. The topological polar surface area (TPSA) is 24.6 Å². The maximum atomic E-state index is 8.17. The molecular weight excluding hydrogens is 185 g/mol. The van der Waals surface area contributed by atoms with E-state index >= 15 is 0 Å². The van der Waals surface area contributed by atoms with Crippen molar-refractivity contribution < 1.29 is 5.21 Å². The minimum Gasteiger partial charge on any atom is -0.177 e. The first-order valence-electron chi connectivity index (χ1n) is 2.80. The molecule has 0 saturated heterocycles. The maximum Gasteiger partial charge on any atom is 0.391 e. The largest absolute Gasteiger partial charge is 0.391 e. The maximum absolute atomic E-state index is 8.17. The van der Waals surface area contributed by atoms with Crippen LogP contribution in [0.2, 0.25) is 10.0 Å². The van der Waals surface area contributed by atoms with Gasteiger partial charge in [0.15, 0.2) is 0 Å². The molecule has 11 heavy (non-hydrogen) atoms. The van der Waals surface area contributed by atoms with E-state index in [2.05, 4.69) is 11.1 Å². The molecule has 4 heteroatoms. The lowest BCUT2D eigenvalue weighted by atomic mass is 10.2. The van der Waals surface area contributed by atoms with Gasteiger partial charge in [-0.15, -0.1) is 0 Å². The van der Waals surface area contributed by atoms with Gasteiger partial charge in [-0.3, -0.25) is 0 Å². The SMILES string of the molecule is O[N+]#Cc1c(Cl)cccc1Cl. The summed E-state index contributed by atoms with van der Waals surface area (Å²) in [5.74, 6) is 0. The summed E-state index contributed by atoms with van der Waals surface area (Å²) in [6, 6.07) is 7.24. The summed E-state index contributed by atoms with van der Waals surface area (Å²) in [7, 11) is 0. The fourth-order valence-electron chi connectivity index (χ4n) is 0.655. The molecule has 0 unspecified atom stereocenters. The van der Waals surface area contributed by atoms with E-state index in [0.717, 1.165) is 0 Å². The second-order valence-electron chi connectivity index (χ2n) is 1.81. The van der Waals surface area contributed by atoms with Crippen LogP contribution in [0.25, 0.3) is 5.01 Å². The van der Waals surface area contributed by atoms with E-state index in [4.69, 9.17) is 28.4 Å². The van der Waals surface area contributed by atoms with Gasteiger partial charge in [0, 0.05) is 0 Å². The molecule has 0 atom stereocenters. The van der Waals surface area contributed by atoms with Crippen LogP contribution in [0.3, 0.4) is 0 Å². The van der Waals surface area contributed by atoms with E-state index in [1.807, 2.05) is 0 Å². The first-order chi connectivity index (χ1) is 5.25. The Morgan fingerprint density at radius 1 is 1.27 bits per heavy atom. The molecule has 56 valence electrons. The molecule has 0 radical (unpaired) electrons. The number of hydrogen-bond donors (Lipinski definition) is 1. The average molecular weight is 189 g/mol. The molecule has 0 fully saturated rings. The fraction of sp³-hybridized carbons (Fsp3) is 0. The predicted octanol–water partition coefficient (Wildman–Crippen LogP) is 3.06. The van der Waals surface area contributed by atoms with E-state index in [0.29, 0.717) is 15.6 Å². The lowest BCUT2D eigenvalue weighted by Crippen LogP contribution is -1.77. The number of halogens is 2. The first-order valence-corrected chi connectivity index (χ1v) is 3.55. The van der Waals surface area contributed by atoms with E-state index in [-0.39, 0.29) is 0 Å². The van der Waals surface area contributed by atoms with Gasteiger partial charge in [-0.25, -0.2) is 0 Å². The van der Waals surface area contributed by atoms with E-state index in [1.165, 1.54) is 0 Å². The first kappa shape index (κ1) is 8.19. The van der Waals surface area contributed by atoms with Gasteiger partial charge in [-0.2, -0.15) is 5.21 Å². The van der Waals surface area contributed by atoms with Crippen molar-refractivity contribution >= 4 is 23.2 Å². The second-order valence-corrected chi connectivity index (χ2v) is 2.62. The van der Waals surface area contributed by atoms with Crippen LogP contribution in [0, 0.1) is 6.07 Å². The smallest absolute Gasteiger partial charge is 0.177 e. The number of benzene rings is 1. The van der Waals surface area contributed by atoms with Crippen molar-refractivity contribution in [1.82, 2.24) is 0 Å². The lowest BCUT2D eigenvalue weighted by molar-refractivity contribution is 0.465. The van der Waals surface area contributed by atoms with Crippen LogP contribution in [-0.4, -0.2) is 5.21 Å². The van der Waals surface area contributed by atoms with Crippen molar-refractivity contribution in [2.75, 3.05) is 0 Å². The summed E-state index contributed by atoms with van der Waals surface area (Å²) in [4.78, 5) is 0. The summed E-state index contributed by atoms with van der Waals surface area (Å²) < 4.78 is 0. The molecular formula is C7H4Cl2NO+. The van der Waals surface area contributed by atoms with Crippen LogP contribution < -0.4 is 0 Å². The molecule has 1 rings (SSSR count). The molecule has 0 amide bonds. The van der Waals surface area contributed by atoms with Crippen LogP contribution >= 0.6 is 23.2 Å². The van der Waals surface area contributed by atoms with Crippen molar-refractivity contribution in [3.05, 3.63) is 38.8 Å². The van der Waals surface area contributed by atoms with E-state index < -0.39 is 0 Å². The number of hydrogen-bond acceptors (Lipinski definition) is 1. The molecule has 1 N–H and O–H groups in total. The van der Waals surface area contributed by atoms with Gasteiger partial charge < -0.3 is 0 Å². The predicted molar refractivity (Wildman–Crippen MR) is 44.6 cm³/mol. The highest BCUT2D eigenvalue weighted by Gasteiger charge is 2.07. The van der Waals surface area contributed by atoms with E-state index in [9.17, 15) is 0 Å². The highest BCUT2D eigenvalue weighted by Crippen LogP contribution is 2.22. The third kappa shape index (κ3) is 1.76. The van der Waals surface area contributed by atoms with Gasteiger partial charge in [-0.05, 0) is 12.1 Å². The Morgan fingerprint density at radius 2 is 1.82 bits per heavy atom. The minimum absolute atomic E-state index is 0.401. The van der Waals surface area contributed by atoms with Crippen molar-refractivity contribution in [3.8, 4) is 6.07 Å². The fourth-order valence-corrected chi connectivity index (χ4v) is 1.14. The van der Waals surface area contributed by atoms with Gasteiger partial charge in [0.25, 0.3) is 0 Å². The number of rotatable bonds is 0. The van der Waals surface area contributed by atoms with Crippen molar-refractivity contribution in [2.24, 2.45) is 0 Å². The Labute approximate surface area is 73.8 Å². The molecule has 0 aliphatic rings. The molecule has 1 aromatic carbocycles. The van der Waals surface area contributed by atoms with Gasteiger partial charge in [-0.1, -0.05) is 29.3 Å². The second kappa shape index (κ2) is 3.47. The molecule has 0 bridgehead atoms. The Hall–Kier alpha value is -0.910. The number of nitrogens with zero attached hydrogens (tertiary/aromatic N) is 1. The van der Waals surface area contributed by atoms with Crippen LogP contribution in [0.4, 0.5) is 0 Å². The quantitative estimate of drug-likeness (QED) is 0.623. The standard InChI is InChI=1S/C7H3Cl2NO/c8-6-2-1-3-7(9)5(6)4-10-11/h1-3H/p+1. The van der Waals surface area contributed by atoms with Crippen molar-refractivity contribution in [2.45, 2.75) is 0 Å². The molecule has 1 aromatic rings. The van der Waals surface area contributed by atoms with Crippen molar-refractivity contribution in [3.63, 3.8) is 0 Å². The third-order valence-electron chi connectivity index (χ3n) is 1.12.